The molecule has 4 heteroatoms. The Morgan fingerprint density at radius 3 is 2.81 bits per heavy atom. The zero-order chi connectivity index (χ0) is 18.1. The van der Waals surface area contributed by atoms with Crippen molar-refractivity contribution in [2.24, 2.45) is 5.92 Å². The number of hydrogen-bond donors (Lipinski definition) is 1. The number of nitrogens with one attached hydrogen (secondary N) is 1. The van der Waals surface area contributed by atoms with Gasteiger partial charge in [0.15, 0.2) is 0 Å². The van der Waals surface area contributed by atoms with E-state index in [9.17, 15) is 9.18 Å². The quantitative estimate of drug-likeness (QED) is 0.741. The minimum atomic E-state index is -0.230. The molecule has 134 valence electrons. The molecule has 1 aliphatic rings. The van der Waals surface area contributed by atoms with Crippen LogP contribution in [0.25, 0.3) is 10.9 Å². The number of aromatic amines is 1. The fraction of sp³-hybridized carbons (Fsp3) is 0.318. The molecule has 1 N–H and O–H groups in total. The van der Waals surface area contributed by atoms with Crippen LogP contribution in [-0.2, 0) is 24.2 Å². The molecule has 1 unspecified atom stereocenters. The van der Waals surface area contributed by atoms with Crippen LogP contribution in [0.1, 0.15) is 30.2 Å². The van der Waals surface area contributed by atoms with Crippen molar-refractivity contribution in [2.45, 2.75) is 32.7 Å². The number of carbonyl (C=O) groups excluding carboxylic acids is 1. The number of aromatic nitrogens is 1. The Morgan fingerprint density at radius 2 is 2.04 bits per heavy atom. The Balaban J connectivity index is 1.56. The predicted octanol–water partition coefficient (Wildman–Crippen LogP) is 4.46. The van der Waals surface area contributed by atoms with Crippen molar-refractivity contribution >= 4 is 16.8 Å². The van der Waals surface area contributed by atoms with Gasteiger partial charge in [-0.15, -0.1) is 0 Å². The van der Waals surface area contributed by atoms with Crippen LogP contribution in [0.3, 0.4) is 0 Å². The van der Waals surface area contributed by atoms with E-state index in [1.165, 1.54) is 6.07 Å². The topological polar surface area (TPSA) is 36.1 Å². The molecule has 1 aromatic heterocycles. The third-order valence-electron chi connectivity index (χ3n) is 5.41. The lowest BCUT2D eigenvalue weighted by molar-refractivity contribution is -0.136. The molecule has 0 aliphatic heterocycles. The van der Waals surface area contributed by atoms with Gasteiger partial charge in [0.1, 0.15) is 5.82 Å². The van der Waals surface area contributed by atoms with E-state index in [4.69, 9.17) is 0 Å². The molecule has 3 aromatic rings. The Bertz CT molecular complexity index is 932. The number of halogens is 1. The van der Waals surface area contributed by atoms with Gasteiger partial charge in [-0.05, 0) is 55.5 Å². The van der Waals surface area contributed by atoms with Gasteiger partial charge >= 0.3 is 0 Å². The molecule has 4 rings (SSSR count). The lowest BCUT2D eigenvalue weighted by Crippen LogP contribution is -2.37. The summed E-state index contributed by atoms with van der Waals surface area (Å²) in [5, 5.41) is 0.920. The van der Waals surface area contributed by atoms with E-state index in [1.807, 2.05) is 30.0 Å². The second-order valence-corrected chi connectivity index (χ2v) is 7.05. The lowest BCUT2D eigenvalue weighted by atomic mass is 9.85. The summed E-state index contributed by atoms with van der Waals surface area (Å²) in [6.45, 7) is 3.36. The Labute approximate surface area is 152 Å². The molecule has 1 amide bonds. The summed E-state index contributed by atoms with van der Waals surface area (Å²) in [5.41, 5.74) is 4.37. The van der Waals surface area contributed by atoms with Crippen LogP contribution in [0.15, 0.2) is 48.5 Å². The summed E-state index contributed by atoms with van der Waals surface area (Å²) >= 11 is 0. The Kier molecular flexibility index (Phi) is 4.49. The molecule has 1 aliphatic carbocycles. The number of benzene rings is 2. The molecule has 1 atom stereocenters. The molecule has 0 radical (unpaired) electrons. The summed E-state index contributed by atoms with van der Waals surface area (Å²) in [6, 6.07) is 14.9. The van der Waals surface area contributed by atoms with Crippen LogP contribution in [0.5, 0.6) is 0 Å². The lowest BCUT2D eigenvalue weighted by Gasteiger charge is -2.29. The highest BCUT2D eigenvalue weighted by Gasteiger charge is 2.30. The second kappa shape index (κ2) is 6.94. The van der Waals surface area contributed by atoms with Crippen molar-refractivity contribution in [2.75, 3.05) is 6.54 Å². The van der Waals surface area contributed by atoms with Crippen LogP contribution in [-0.4, -0.2) is 22.3 Å². The molecule has 2 aromatic carbocycles. The van der Waals surface area contributed by atoms with Crippen molar-refractivity contribution < 1.29 is 9.18 Å². The number of aryl methyl sites for hydroxylation is 1. The first kappa shape index (κ1) is 16.8. The highest BCUT2D eigenvalue weighted by molar-refractivity contribution is 5.87. The summed E-state index contributed by atoms with van der Waals surface area (Å²) in [5.74, 6) is -0.0619. The number of rotatable bonds is 4. The number of amides is 1. The van der Waals surface area contributed by atoms with Crippen molar-refractivity contribution in [3.8, 4) is 0 Å². The fourth-order valence-electron chi connectivity index (χ4n) is 4.01. The molecular formula is C22H23FN2O. The number of H-pyrrole nitrogens is 1. The minimum Gasteiger partial charge on any atom is -0.358 e. The van der Waals surface area contributed by atoms with Crippen LogP contribution in [0.4, 0.5) is 4.39 Å². The van der Waals surface area contributed by atoms with Gasteiger partial charge < -0.3 is 9.88 Å². The van der Waals surface area contributed by atoms with E-state index in [1.54, 1.807) is 12.1 Å². The standard InChI is InChI=1S/C22H23FN2O/c1-2-25(14-15-6-4-3-5-7-15)22(26)16-8-10-20-18(12-16)19-13-17(23)9-11-21(19)24-20/h3-7,9,11,13,16,24H,2,8,10,12,14H2,1H3. The first-order valence-electron chi connectivity index (χ1n) is 9.27. The summed E-state index contributed by atoms with van der Waals surface area (Å²) < 4.78 is 13.7. The molecule has 0 saturated heterocycles. The van der Waals surface area contributed by atoms with Gasteiger partial charge in [0.25, 0.3) is 0 Å². The van der Waals surface area contributed by atoms with Crippen molar-refractivity contribution in [1.82, 2.24) is 9.88 Å². The number of fused-ring (bicyclic) bond motifs is 3. The maximum Gasteiger partial charge on any atom is 0.226 e. The second-order valence-electron chi connectivity index (χ2n) is 7.05. The maximum absolute atomic E-state index is 13.7. The molecule has 0 fully saturated rings. The van der Waals surface area contributed by atoms with E-state index in [-0.39, 0.29) is 17.6 Å². The minimum absolute atomic E-state index is 0.0339. The summed E-state index contributed by atoms with van der Waals surface area (Å²) in [7, 11) is 0. The fourth-order valence-corrected chi connectivity index (χ4v) is 4.01. The zero-order valence-corrected chi connectivity index (χ0v) is 15.0. The smallest absolute Gasteiger partial charge is 0.226 e. The number of carbonyl (C=O) groups is 1. The van der Waals surface area contributed by atoms with E-state index < -0.39 is 0 Å². The van der Waals surface area contributed by atoms with E-state index in [0.717, 1.165) is 40.6 Å². The third kappa shape index (κ3) is 3.12. The Morgan fingerprint density at radius 1 is 1.23 bits per heavy atom. The molecule has 3 nitrogen and oxygen atoms in total. The van der Waals surface area contributed by atoms with Gasteiger partial charge in [0.05, 0.1) is 0 Å². The first-order valence-corrected chi connectivity index (χ1v) is 9.27. The number of hydrogen-bond acceptors (Lipinski definition) is 1. The molecule has 26 heavy (non-hydrogen) atoms. The predicted molar refractivity (Wildman–Crippen MR) is 101 cm³/mol. The largest absolute Gasteiger partial charge is 0.358 e. The van der Waals surface area contributed by atoms with Crippen molar-refractivity contribution in [3.05, 3.63) is 71.2 Å². The summed E-state index contributed by atoms with van der Waals surface area (Å²) in [6.07, 6.45) is 2.36. The maximum atomic E-state index is 13.7. The zero-order valence-electron chi connectivity index (χ0n) is 15.0. The highest BCUT2D eigenvalue weighted by atomic mass is 19.1. The SMILES string of the molecule is CCN(Cc1ccccc1)C(=O)C1CCc2[nH]c3ccc(F)cc3c2C1. The van der Waals surface area contributed by atoms with Crippen LogP contribution in [0, 0.1) is 11.7 Å². The Hall–Kier alpha value is -2.62. The van der Waals surface area contributed by atoms with Crippen LogP contribution in [0.2, 0.25) is 0 Å². The van der Waals surface area contributed by atoms with E-state index >= 15 is 0 Å². The first-order chi connectivity index (χ1) is 12.7. The molecule has 0 saturated carbocycles. The average molecular weight is 350 g/mol. The van der Waals surface area contributed by atoms with Gasteiger partial charge in [-0.3, -0.25) is 4.79 Å². The molecule has 0 spiro atoms. The van der Waals surface area contributed by atoms with Gasteiger partial charge in [-0.25, -0.2) is 4.39 Å². The average Bonchev–Trinajstić information content (AvgIpc) is 3.03. The van der Waals surface area contributed by atoms with Crippen LogP contribution >= 0.6 is 0 Å². The number of nitrogens with zero attached hydrogens (tertiary/aromatic N) is 1. The third-order valence-corrected chi connectivity index (χ3v) is 5.41. The normalized spacial score (nSPS) is 16.5. The molecule has 0 bridgehead atoms. The van der Waals surface area contributed by atoms with Crippen LogP contribution < -0.4 is 0 Å². The highest BCUT2D eigenvalue weighted by Crippen LogP contribution is 2.33. The van der Waals surface area contributed by atoms with E-state index in [0.29, 0.717) is 19.5 Å². The van der Waals surface area contributed by atoms with Gasteiger partial charge in [-0.1, -0.05) is 30.3 Å². The monoisotopic (exact) mass is 350 g/mol. The van der Waals surface area contributed by atoms with Gasteiger partial charge in [0, 0.05) is 35.6 Å². The van der Waals surface area contributed by atoms with Crippen molar-refractivity contribution in [3.63, 3.8) is 0 Å². The van der Waals surface area contributed by atoms with E-state index in [2.05, 4.69) is 17.1 Å². The summed E-state index contributed by atoms with van der Waals surface area (Å²) in [4.78, 5) is 18.4. The molecule has 1 heterocycles. The van der Waals surface area contributed by atoms with Gasteiger partial charge in [0.2, 0.25) is 5.91 Å². The van der Waals surface area contributed by atoms with Gasteiger partial charge in [-0.2, -0.15) is 0 Å². The van der Waals surface area contributed by atoms with Crippen molar-refractivity contribution in [1.29, 1.82) is 0 Å². The molecular weight excluding hydrogens is 327 g/mol.